The van der Waals surface area contributed by atoms with E-state index >= 15 is 0 Å². The molecule has 2 heterocycles. The number of rotatable bonds is 3. The second-order valence-electron chi connectivity index (χ2n) is 4.17. The van der Waals surface area contributed by atoms with Crippen LogP contribution in [0.4, 0.5) is 5.13 Å². The largest absolute Gasteiger partial charge is 0.375 e. The Bertz CT molecular complexity index is 745. The Morgan fingerprint density at radius 3 is 2.70 bits per heavy atom. The molecule has 0 aliphatic carbocycles. The van der Waals surface area contributed by atoms with Gasteiger partial charge in [-0.25, -0.2) is 15.0 Å². The highest BCUT2D eigenvalue weighted by molar-refractivity contribution is 7.99. The number of halogens is 1. The molecule has 0 saturated heterocycles. The number of hydrogen-bond donors (Lipinski definition) is 1. The van der Waals surface area contributed by atoms with Crippen molar-refractivity contribution in [3.63, 3.8) is 0 Å². The fourth-order valence-corrected chi connectivity index (χ4v) is 3.67. The molecule has 1 aromatic carbocycles. The summed E-state index contributed by atoms with van der Waals surface area (Å²) < 4.78 is 0.737. The monoisotopic (exact) mass is 322 g/mol. The maximum absolute atomic E-state index is 6.16. The second-order valence-corrected chi connectivity index (χ2v) is 6.87. The van der Waals surface area contributed by atoms with Crippen molar-refractivity contribution in [2.45, 2.75) is 17.3 Å². The summed E-state index contributed by atoms with van der Waals surface area (Å²) in [5, 5.41) is 1.71. The molecule has 7 heteroatoms. The molecule has 2 N–H and O–H groups in total. The highest BCUT2D eigenvalue weighted by Crippen LogP contribution is 2.35. The zero-order chi connectivity index (χ0) is 14.1. The summed E-state index contributed by atoms with van der Waals surface area (Å²) in [5.74, 6) is 0. The lowest BCUT2D eigenvalue weighted by Crippen LogP contribution is -1.93. The van der Waals surface area contributed by atoms with Gasteiger partial charge in [0.1, 0.15) is 4.70 Å². The van der Waals surface area contributed by atoms with Crippen molar-refractivity contribution in [1.29, 1.82) is 0 Å². The van der Waals surface area contributed by atoms with Crippen LogP contribution in [0, 0.1) is 0 Å². The summed E-state index contributed by atoms with van der Waals surface area (Å²) in [6.07, 6.45) is 0. The molecule has 3 rings (SSSR count). The normalized spacial score (nSPS) is 12.7. The molecule has 0 aliphatic rings. The first-order chi connectivity index (χ1) is 9.63. The van der Waals surface area contributed by atoms with Crippen LogP contribution in [0.1, 0.15) is 17.7 Å². The fourth-order valence-electron chi connectivity index (χ4n) is 1.79. The predicted octanol–water partition coefficient (Wildman–Crippen LogP) is 4.18. The van der Waals surface area contributed by atoms with Gasteiger partial charge in [0.2, 0.25) is 0 Å². The Morgan fingerprint density at radius 2 is 1.95 bits per heavy atom. The molecule has 0 radical (unpaired) electrons. The third-order valence-corrected chi connectivity index (χ3v) is 5.04. The summed E-state index contributed by atoms with van der Waals surface area (Å²) in [7, 11) is 0. The number of thioether (sulfide) groups is 1. The van der Waals surface area contributed by atoms with Crippen LogP contribution < -0.4 is 5.73 Å². The van der Waals surface area contributed by atoms with Crippen LogP contribution in [0.5, 0.6) is 0 Å². The summed E-state index contributed by atoms with van der Waals surface area (Å²) in [6.45, 7) is 2.11. The minimum absolute atomic E-state index is 0.237. The number of benzene rings is 1. The van der Waals surface area contributed by atoms with Crippen molar-refractivity contribution < 1.29 is 0 Å². The van der Waals surface area contributed by atoms with Crippen molar-refractivity contribution in [1.82, 2.24) is 15.0 Å². The van der Waals surface area contributed by atoms with E-state index in [1.165, 1.54) is 16.9 Å². The fraction of sp³-hybridized carbons (Fsp3) is 0.154. The molecule has 0 amide bonds. The molecule has 1 unspecified atom stereocenters. The highest BCUT2D eigenvalue weighted by atomic mass is 35.5. The number of nitrogens with zero attached hydrogens (tertiary/aromatic N) is 3. The van der Waals surface area contributed by atoms with Crippen molar-refractivity contribution >= 4 is 50.2 Å². The van der Waals surface area contributed by atoms with Gasteiger partial charge in [-0.05, 0) is 12.5 Å². The Morgan fingerprint density at radius 1 is 1.20 bits per heavy atom. The average Bonchev–Trinajstić information content (AvgIpc) is 2.81. The first-order valence-corrected chi connectivity index (χ1v) is 8.02. The molecule has 0 saturated carbocycles. The van der Waals surface area contributed by atoms with Gasteiger partial charge in [-0.1, -0.05) is 65.0 Å². The smallest absolute Gasteiger partial charge is 0.191 e. The van der Waals surface area contributed by atoms with Gasteiger partial charge in [-0.3, -0.25) is 0 Å². The number of nitrogens with two attached hydrogens (primary N) is 1. The van der Waals surface area contributed by atoms with E-state index in [9.17, 15) is 0 Å². The molecule has 4 nitrogen and oxygen atoms in total. The van der Waals surface area contributed by atoms with Gasteiger partial charge < -0.3 is 5.73 Å². The molecule has 2 aromatic heterocycles. The summed E-state index contributed by atoms with van der Waals surface area (Å²) in [6, 6.07) is 10.2. The van der Waals surface area contributed by atoms with Gasteiger partial charge in [-0.2, -0.15) is 0 Å². The number of anilines is 1. The SMILES string of the molecule is CC(Sc1nc(Cl)c2sc(N)nc2n1)c1ccccc1. The average molecular weight is 323 g/mol. The molecule has 0 spiro atoms. The molecule has 3 aromatic rings. The van der Waals surface area contributed by atoms with Crippen molar-refractivity contribution in [2.75, 3.05) is 5.73 Å². The lowest BCUT2D eigenvalue weighted by Gasteiger charge is -2.10. The van der Waals surface area contributed by atoms with E-state index in [1.807, 2.05) is 18.2 Å². The van der Waals surface area contributed by atoms with E-state index in [4.69, 9.17) is 17.3 Å². The highest BCUT2D eigenvalue weighted by Gasteiger charge is 2.14. The van der Waals surface area contributed by atoms with Crippen LogP contribution >= 0.6 is 34.7 Å². The van der Waals surface area contributed by atoms with Crippen molar-refractivity contribution in [3.05, 3.63) is 41.0 Å². The molecule has 0 aliphatic heterocycles. The number of hydrogen-bond acceptors (Lipinski definition) is 6. The van der Waals surface area contributed by atoms with E-state index in [2.05, 4.69) is 34.0 Å². The van der Waals surface area contributed by atoms with Gasteiger partial charge >= 0.3 is 0 Å². The number of aromatic nitrogens is 3. The quantitative estimate of drug-likeness (QED) is 0.445. The lowest BCUT2D eigenvalue weighted by molar-refractivity contribution is 0.976. The first-order valence-electron chi connectivity index (χ1n) is 5.94. The first kappa shape index (κ1) is 13.6. The molecule has 0 fully saturated rings. The van der Waals surface area contributed by atoms with Crippen LogP contribution in [0.2, 0.25) is 5.15 Å². The van der Waals surface area contributed by atoms with Crippen LogP contribution in [0.3, 0.4) is 0 Å². The lowest BCUT2D eigenvalue weighted by atomic mass is 10.2. The topological polar surface area (TPSA) is 64.7 Å². The minimum Gasteiger partial charge on any atom is -0.375 e. The van der Waals surface area contributed by atoms with E-state index in [-0.39, 0.29) is 5.25 Å². The maximum atomic E-state index is 6.16. The summed E-state index contributed by atoms with van der Waals surface area (Å²) in [4.78, 5) is 12.9. The number of nitrogen functional groups attached to an aromatic ring is 1. The molecular formula is C13H11ClN4S2. The van der Waals surface area contributed by atoms with Crippen LogP contribution in [0.15, 0.2) is 35.5 Å². The Balaban J connectivity index is 1.91. The van der Waals surface area contributed by atoms with Gasteiger partial charge in [-0.15, -0.1) is 0 Å². The van der Waals surface area contributed by atoms with Crippen LogP contribution in [-0.4, -0.2) is 15.0 Å². The maximum Gasteiger partial charge on any atom is 0.191 e. The van der Waals surface area contributed by atoms with Crippen LogP contribution in [0.25, 0.3) is 10.3 Å². The third kappa shape index (κ3) is 2.72. The molecule has 0 bridgehead atoms. The number of fused-ring (bicyclic) bond motifs is 1. The van der Waals surface area contributed by atoms with Gasteiger partial charge in [0.25, 0.3) is 0 Å². The van der Waals surface area contributed by atoms with Gasteiger partial charge in [0.05, 0.1) is 0 Å². The zero-order valence-corrected chi connectivity index (χ0v) is 13.0. The summed E-state index contributed by atoms with van der Waals surface area (Å²) >= 11 is 9.01. The standard InChI is InChI=1S/C13H11ClN4S2/c1-7(8-5-3-2-4-6-8)19-13-16-10(14)9-11(18-13)17-12(15)20-9/h2-7H,1H3,(H2,15,16,17,18). The zero-order valence-electron chi connectivity index (χ0n) is 10.6. The Kier molecular flexibility index (Phi) is 3.78. The van der Waals surface area contributed by atoms with Gasteiger partial charge in [0.15, 0.2) is 21.1 Å². The second kappa shape index (κ2) is 5.55. The molecular weight excluding hydrogens is 312 g/mol. The molecule has 1 atom stereocenters. The van der Waals surface area contributed by atoms with E-state index in [0.29, 0.717) is 21.1 Å². The van der Waals surface area contributed by atoms with Crippen molar-refractivity contribution in [3.8, 4) is 0 Å². The van der Waals surface area contributed by atoms with E-state index < -0.39 is 0 Å². The molecule has 102 valence electrons. The van der Waals surface area contributed by atoms with E-state index in [0.717, 1.165) is 4.70 Å². The predicted molar refractivity (Wildman–Crippen MR) is 85.3 cm³/mol. The number of thiazole rings is 1. The van der Waals surface area contributed by atoms with Gasteiger partial charge in [0, 0.05) is 5.25 Å². The third-order valence-electron chi connectivity index (χ3n) is 2.76. The van der Waals surface area contributed by atoms with E-state index in [1.54, 1.807) is 11.8 Å². The summed E-state index contributed by atoms with van der Waals surface area (Å²) in [5.41, 5.74) is 7.46. The van der Waals surface area contributed by atoms with Crippen LogP contribution in [-0.2, 0) is 0 Å². The minimum atomic E-state index is 0.237. The Hall–Kier alpha value is -1.37. The Labute approximate surface area is 129 Å². The molecule has 20 heavy (non-hydrogen) atoms. The van der Waals surface area contributed by atoms with Crippen molar-refractivity contribution in [2.24, 2.45) is 0 Å².